The molecule has 0 bridgehead atoms. The number of aromatic nitrogens is 3. The highest BCUT2D eigenvalue weighted by atomic mass is 35.5. The van der Waals surface area contributed by atoms with Gasteiger partial charge < -0.3 is 10.1 Å². The molecule has 1 saturated carbocycles. The molecule has 2 aromatic heterocycles. The van der Waals surface area contributed by atoms with E-state index in [0.29, 0.717) is 0 Å². The summed E-state index contributed by atoms with van der Waals surface area (Å²) in [5.41, 5.74) is 0.131. The van der Waals surface area contributed by atoms with Gasteiger partial charge in [0.1, 0.15) is 5.92 Å². The second-order valence-electron chi connectivity index (χ2n) is 8.33. The average molecular weight is 444 g/mol. The van der Waals surface area contributed by atoms with Crippen LogP contribution in [0, 0.1) is 0 Å². The fourth-order valence-corrected chi connectivity index (χ4v) is 5.13. The van der Waals surface area contributed by atoms with Gasteiger partial charge >= 0.3 is 12.2 Å². The molecular formula is C19H21ClF3N5O2. The molecule has 1 atom stereocenters. The molecule has 30 heavy (non-hydrogen) atoms. The van der Waals surface area contributed by atoms with Gasteiger partial charge in [-0.1, -0.05) is 11.6 Å². The predicted molar refractivity (Wildman–Crippen MR) is 103 cm³/mol. The lowest BCUT2D eigenvalue weighted by atomic mass is 9.80. The van der Waals surface area contributed by atoms with Crippen LogP contribution in [0.4, 0.5) is 23.7 Å². The molecule has 1 N–H and O–H groups in total. The van der Waals surface area contributed by atoms with E-state index in [1.165, 1.54) is 12.3 Å². The number of alkyl halides is 3. The van der Waals surface area contributed by atoms with Crippen LogP contribution >= 0.6 is 11.6 Å². The lowest BCUT2D eigenvalue weighted by molar-refractivity contribution is -0.147. The van der Waals surface area contributed by atoms with Crippen LogP contribution in [0.15, 0.2) is 12.3 Å². The van der Waals surface area contributed by atoms with Crippen molar-refractivity contribution in [1.82, 2.24) is 19.9 Å². The number of amides is 2. The Labute approximate surface area is 175 Å². The number of nitrogens with one attached hydrogen (secondary N) is 1. The summed E-state index contributed by atoms with van der Waals surface area (Å²) in [6.07, 6.45) is 2.06. The zero-order valence-electron chi connectivity index (χ0n) is 16.1. The van der Waals surface area contributed by atoms with E-state index in [1.807, 2.05) is 0 Å². The molecule has 1 saturated heterocycles. The minimum atomic E-state index is -4.53. The van der Waals surface area contributed by atoms with E-state index in [4.69, 9.17) is 16.3 Å². The van der Waals surface area contributed by atoms with E-state index in [9.17, 15) is 18.0 Å². The van der Waals surface area contributed by atoms with Crippen LogP contribution in [0.2, 0.25) is 5.15 Å². The van der Waals surface area contributed by atoms with Gasteiger partial charge in [-0.3, -0.25) is 4.90 Å². The summed E-state index contributed by atoms with van der Waals surface area (Å²) in [5.74, 6) is -1.86. The molecule has 11 heteroatoms. The maximum absolute atomic E-state index is 13.8. The maximum Gasteiger partial charge on any atom is 0.399 e. The summed E-state index contributed by atoms with van der Waals surface area (Å²) in [6, 6.07) is 0.758. The number of carbonyl (C=O) groups excluding carboxylic acids is 1. The van der Waals surface area contributed by atoms with Crippen molar-refractivity contribution in [1.29, 1.82) is 0 Å². The summed E-state index contributed by atoms with van der Waals surface area (Å²) >= 11 is 5.87. The number of hydrogen-bond acceptors (Lipinski definition) is 4. The van der Waals surface area contributed by atoms with E-state index in [1.54, 1.807) is 0 Å². The Morgan fingerprint density at radius 1 is 1.30 bits per heavy atom. The lowest BCUT2D eigenvalue weighted by Crippen LogP contribution is -2.48. The molecular weight excluding hydrogens is 423 g/mol. The summed E-state index contributed by atoms with van der Waals surface area (Å²) in [7, 11) is 0. The maximum atomic E-state index is 13.8. The molecule has 0 aromatic carbocycles. The summed E-state index contributed by atoms with van der Waals surface area (Å²) in [4.78, 5) is 18.2. The highest BCUT2D eigenvalue weighted by molar-refractivity contribution is 6.29. The van der Waals surface area contributed by atoms with Crippen molar-refractivity contribution in [3.63, 3.8) is 0 Å². The Morgan fingerprint density at radius 2 is 2.07 bits per heavy atom. The molecule has 0 radical (unpaired) electrons. The Balaban J connectivity index is 1.38. The van der Waals surface area contributed by atoms with Crippen molar-refractivity contribution in [2.45, 2.75) is 62.3 Å². The number of rotatable bonds is 1. The van der Waals surface area contributed by atoms with Gasteiger partial charge in [0.2, 0.25) is 0 Å². The van der Waals surface area contributed by atoms with E-state index < -0.39 is 24.7 Å². The van der Waals surface area contributed by atoms with E-state index in [-0.39, 0.29) is 33.8 Å². The van der Waals surface area contributed by atoms with Crippen LogP contribution in [0.5, 0.6) is 0 Å². The van der Waals surface area contributed by atoms with Gasteiger partial charge in [-0.2, -0.15) is 18.3 Å². The molecule has 2 aliphatic heterocycles. The van der Waals surface area contributed by atoms with Gasteiger partial charge in [0, 0.05) is 25.3 Å². The number of carbonyl (C=O) groups is 1. The first-order valence-electron chi connectivity index (χ1n) is 10.1. The smallest absolute Gasteiger partial charge is 0.375 e. The zero-order valence-corrected chi connectivity index (χ0v) is 16.8. The highest BCUT2D eigenvalue weighted by Gasteiger charge is 2.51. The molecule has 3 aliphatic rings. The Kier molecular flexibility index (Phi) is 4.62. The third-order valence-electron chi connectivity index (χ3n) is 6.51. The molecule has 2 amide bonds. The first-order valence-corrected chi connectivity index (χ1v) is 10.5. The van der Waals surface area contributed by atoms with Crippen LogP contribution in [-0.2, 0) is 4.74 Å². The fraction of sp³-hybridized carbons (Fsp3) is 0.632. The van der Waals surface area contributed by atoms with Crippen LogP contribution in [-0.4, -0.2) is 51.6 Å². The van der Waals surface area contributed by atoms with Crippen molar-refractivity contribution in [2.75, 3.05) is 18.1 Å². The fourth-order valence-electron chi connectivity index (χ4n) is 4.96. The van der Waals surface area contributed by atoms with Gasteiger partial charge in [-0.25, -0.2) is 14.3 Å². The minimum absolute atomic E-state index is 0.0463. The van der Waals surface area contributed by atoms with Crippen LogP contribution < -0.4 is 10.2 Å². The molecule has 7 nitrogen and oxygen atoms in total. The van der Waals surface area contributed by atoms with Crippen molar-refractivity contribution < 1.29 is 22.7 Å². The quantitative estimate of drug-likeness (QED) is 0.721. The first-order chi connectivity index (χ1) is 14.3. The summed E-state index contributed by atoms with van der Waals surface area (Å²) in [6.45, 7) is 0.266. The molecule has 2 fully saturated rings. The Hall–Kier alpha value is -2.07. The predicted octanol–water partition coefficient (Wildman–Crippen LogP) is 4.05. The number of nitrogens with zero attached hydrogens (tertiary/aromatic N) is 4. The van der Waals surface area contributed by atoms with Gasteiger partial charge in [-0.05, 0) is 38.5 Å². The van der Waals surface area contributed by atoms with Crippen LogP contribution in [0.1, 0.15) is 50.1 Å². The molecule has 5 rings (SSSR count). The van der Waals surface area contributed by atoms with Crippen molar-refractivity contribution >= 4 is 29.0 Å². The van der Waals surface area contributed by atoms with E-state index >= 15 is 0 Å². The second kappa shape index (κ2) is 6.98. The molecule has 162 valence electrons. The van der Waals surface area contributed by atoms with Gasteiger partial charge in [0.15, 0.2) is 10.8 Å². The van der Waals surface area contributed by atoms with Gasteiger partial charge in [0.05, 0.1) is 23.2 Å². The molecule has 1 unspecified atom stereocenters. The van der Waals surface area contributed by atoms with Crippen LogP contribution in [0.3, 0.4) is 0 Å². The van der Waals surface area contributed by atoms with E-state index in [2.05, 4.69) is 15.4 Å². The minimum Gasteiger partial charge on any atom is -0.375 e. The number of halogens is 4. The topological polar surface area (TPSA) is 71.8 Å². The van der Waals surface area contributed by atoms with Gasteiger partial charge in [-0.15, -0.1) is 0 Å². The first kappa shape index (κ1) is 19.9. The molecule has 4 heterocycles. The zero-order chi connectivity index (χ0) is 21.1. The summed E-state index contributed by atoms with van der Waals surface area (Å²) in [5, 5.41) is 6.91. The Bertz CT molecular complexity index is 978. The number of urea groups is 1. The monoisotopic (exact) mass is 443 g/mol. The Morgan fingerprint density at radius 3 is 2.73 bits per heavy atom. The third kappa shape index (κ3) is 3.30. The highest BCUT2D eigenvalue weighted by Crippen LogP contribution is 2.45. The second-order valence-corrected chi connectivity index (χ2v) is 8.72. The van der Waals surface area contributed by atoms with Crippen LogP contribution in [0.25, 0.3) is 5.65 Å². The largest absolute Gasteiger partial charge is 0.399 e. The average Bonchev–Trinajstić information content (AvgIpc) is 3.39. The molecule has 1 aliphatic carbocycles. The number of fused-ring (bicyclic) bond motifs is 3. The van der Waals surface area contributed by atoms with Gasteiger partial charge in [0.25, 0.3) is 0 Å². The third-order valence-corrected chi connectivity index (χ3v) is 6.69. The lowest BCUT2D eigenvalue weighted by Gasteiger charge is -2.37. The number of anilines is 1. The van der Waals surface area contributed by atoms with Crippen molar-refractivity contribution in [3.8, 4) is 0 Å². The van der Waals surface area contributed by atoms with Crippen molar-refractivity contribution in [3.05, 3.63) is 23.1 Å². The number of hydrogen-bond donors (Lipinski definition) is 1. The van der Waals surface area contributed by atoms with Crippen molar-refractivity contribution in [2.24, 2.45) is 0 Å². The van der Waals surface area contributed by atoms with E-state index in [0.717, 1.165) is 54.5 Å². The summed E-state index contributed by atoms with van der Waals surface area (Å²) < 4.78 is 48.3. The normalized spacial score (nSPS) is 29.0. The number of ether oxygens (including phenoxy) is 1. The molecule has 1 spiro atoms. The standard InChI is InChI=1S/C19H21ClF3N5O2/c20-14-8-15-24-9-13-16(28(15)26-14)12(19(21,22)23)10-27(13)17(29)25-11-2-5-18(6-3-11)4-1-7-30-18/h8-9,11-12H,1-7,10H2,(H,25,29). The SMILES string of the molecule is O=C(NC1CCC2(CCCO2)CC1)N1CC(C(F)(F)F)c2c1cnc1cc(Cl)nn21. The molecule has 2 aromatic rings.